The van der Waals surface area contributed by atoms with Gasteiger partial charge in [-0.3, -0.25) is 0 Å². The maximum absolute atomic E-state index is 2.29. The van der Waals surface area contributed by atoms with Crippen LogP contribution in [0.5, 0.6) is 0 Å². The van der Waals surface area contributed by atoms with Crippen molar-refractivity contribution in [3.63, 3.8) is 0 Å². The Morgan fingerprint density at radius 2 is 1.53 bits per heavy atom. The summed E-state index contributed by atoms with van der Waals surface area (Å²) in [6.07, 6.45) is 4.21. The summed E-state index contributed by atoms with van der Waals surface area (Å²) in [4.78, 5) is 0. The first kappa shape index (κ1) is 11.4. The summed E-state index contributed by atoms with van der Waals surface area (Å²) < 4.78 is 0.672. The first-order valence-corrected chi connectivity index (χ1v) is 7.76. The van der Waals surface area contributed by atoms with Crippen LogP contribution in [0.25, 0.3) is 0 Å². The molecular weight excluding hydrogens is 220 g/mol. The second kappa shape index (κ2) is 5.86. The quantitative estimate of drug-likeness (QED) is 0.699. The fourth-order valence-corrected chi connectivity index (χ4v) is 4.56. The molecule has 0 nitrogen and oxygen atoms in total. The van der Waals surface area contributed by atoms with Crippen LogP contribution in [-0.2, 0) is 0 Å². The van der Waals surface area contributed by atoms with E-state index in [-0.39, 0.29) is 0 Å². The van der Waals surface area contributed by atoms with Crippen LogP contribution in [0, 0.1) is 6.92 Å². The number of hydrogen-bond donors (Lipinski definition) is 0. The van der Waals surface area contributed by atoms with Crippen LogP contribution in [0.15, 0.2) is 24.3 Å². The van der Waals surface area contributed by atoms with Crippen LogP contribution in [-0.4, -0.2) is 11.5 Å². The van der Waals surface area contributed by atoms with Crippen molar-refractivity contribution in [3.8, 4) is 0 Å². The molecule has 0 bridgehead atoms. The first-order valence-electron chi connectivity index (χ1n) is 5.66. The SMILES string of the molecule is Cc1ccc(C2SCCCCCS2)cc1. The Morgan fingerprint density at radius 3 is 2.13 bits per heavy atom. The molecule has 82 valence electrons. The third kappa shape index (κ3) is 3.46. The summed E-state index contributed by atoms with van der Waals surface area (Å²) >= 11 is 4.24. The monoisotopic (exact) mass is 238 g/mol. The number of aryl methyl sites for hydroxylation is 1. The van der Waals surface area contributed by atoms with E-state index in [0.717, 1.165) is 0 Å². The molecule has 0 spiro atoms. The predicted octanol–water partition coefficient (Wildman–Crippen LogP) is 4.64. The molecule has 1 aliphatic rings. The highest BCUT2D eigenvalue weighted by molar-refractivity contribution is 8.16. The lowest BCUT2D eigenvalue weighted by Gasteiger charge is -2.19. The van der Waals surface area contributed by atoms with Gasteiger partial charge in [-0.25, -0.2) is 0 Å². The van der Waals surface area contributed by atoms with E-state index >= 15 is 0 Å². The van der Waals surface area contributed by atoms with Crippen LogP contribution in [0.3, 0.4) is 0 Å². The van der Waals surface area contributed by atoms with Gasteiger partial charge in [0.1, 0.15) is 0 Å². The zero-order chi connectivity index (χ0) is 10.5. The lowest BCUT2D eigenvalue weighted by Crippen LogP contribution is -1.97. The van der Waals surface area contributed by atoms with E-state index in [1.807, 2.05) is 0 Å². The number of rotatable bonds is 1. The van der Waals surface area contributed by atoms with Crippen molar-refractivity contribution in [1.29, 1.82) is 0 Å². The van der Waals surface area contributed by atoms with Gasteiger partial charge in [-0.2, -0.15) is 0 Å². The molecule has 1 aromatic rings. The molecule has 1 saturated heterocycles. The standard InChI is InChI=1S/C13H18S2/c1-11-5-7-12(8-6-11)13-14-9-3-2-4-10-15-13/h5-8,13H,2-4,9-10H2,1H3. The molecule has 1 fully saturated rings. The summed E-state index contributed by atoms with van der Waals surface area (Å²) in [5, 5.41) is 0. The van der Waals surface area contributed by atoms with E-state index in [1.165, 1.54) is 41.9 Å². The Bertz CT molecular complexity index is 284. The van der Waals surface area contributed by atoms with Gasteiger partial charge in [0, 0.05) is 0 Å². The minimum Gasteiger partial charge on any atom is -0.143 e. The average Bonchev–Trinajstić information content (AvgIpc) is 2.19. The molecule has 1 aliphatic heterocycles. The van der Waals surface area contributed by atoms with Crippen molar-refractivity contribution in [2.45, 2.75) is 30.8 Å². The molecule has 1 heterocycles. The first-order chi connectivity index (χ1) is 7.36. The fraction of sp³-hybridized carbons (Fsp3) is 0.538. The van der Waals surface area contributed by atoms with Gasteiger partial charge in [0.05, 0.1) is 4.58 Å². The molecule has 0 amide bonds. The molecule has 2 rings (SSSR count). The van der Waals surface area contributed by atoms with Crippen molar-refractivity contribution in [2.24, 2.45) is 0 Å². The molecule has 0 atom stereocenters. The number of thioether (sulfide) groups is 2. The smallest absolute Gasteiger partial charge is 0.0751 e. The lowest BCUT2D eigenvalue weighted by atomic mass is 10.2. The molecule has 0 N–H and O–H groups in total. The zero-order valence-corrected chi connectivity index (χ0v) is 10.9. The summed E-state index contributed by atoms with van der Waals surface area (Å²) in [7, 11) is 0. The van der Waals surface area contributed by atoms with E-state index in [4.69, 9.17) is 0 Å². The van der Waals surface area contributed by atoms with Gasteiger partial charge >= 0.3 is 0 Å². The van der Waals surface area contributed by atoms with Gasteiger partial charge in [-0.1, -0.05) is 36.2 Å². The molecule has 0 aliphatic carbocycles. The topological polar surface area (TPSA) is 0 Å². The van der Waals surface area contributed by atoms with Crippen LogP contribution in [0.2, 0.25) is 0 Å². The molecule has 1 aromatic carbocycles. The highest BCUT2D eigenvalue weighted by Gasteiger charge is 2.13. The van der Waals surface area contributed by atoms with Crippen LogP contribution < -0.4 is 0 Å². The van der Waals surface area contributed by atoms with Gasteiger partial charge in [0.15, 0.2) is 0 Å². The number of benzene rings is 1. The van der Waals surface area contributed by atoms with E-state index in [1.54, 1.807) is 0 Å². The lowest BCUT2D eigenvalue weighted by molar-refractivity contribution is 0.782. The molecule has 0 aromatic heterocycles. The van der Waals surface area contributed by atoms with E-state index in [0.29, 0.717) is 4.58 Å². The Labute approximate surface area is 101 Å². The molecular formula is C13H18S2. The zero-order valence-electron chi connectivity index (χ0n) is 9.24. The maximum atomic E-state index is 2.29. The summed E-state index contributed by atoms with van der Waals surface area (Å²) in [6, 6.07) is 9.05. The van der Waals surface area contributed by atoms with Crippen molar-refractivity contribution in [2.75, 3.05) is 11.5 Å². The van der Waals surface area contributed by atoms with E-state index in [2.05, 4.69) is 54.7 Å². The summed E-state index contributed by atoms with van der Waals surface area (Å²) in [5.74, 6) is 2.65. The van der Waals surface area contributed by atoms with Gasteiger partial charge < -0.3 is 0 Å². The third-order valence-corrected chi connectivity index (χ3v) is 5.69. The average molecular weight is 238 g/mol. The van der Waals surface area contributed by atoms with Crippen LogP contribution in [0.4, 0.5) is 0 Å². The molecule has 15 heavy (non-hydrogen) atoms. The highest BCUT2D eigenvalue weighted by atomic mass is 32.2. The molecule has 0 saturated carbocycles. The van der Waals surface area contributed by atoms with Gasteiger partial charge in [0.2, 0.25) is 0 Å². The van der Waals surface area contributed by atoms with Crippen molar-refractivity contribution in [1.82, 2.24) is 0 Å². The predicted molar refractivity (Wildman–Crippen MR) is 72.7 cm³/mol. The largest absolute Gasteiger partial charge is 0.143 e. The van der Waals surface area contributed by atoms with Crippen LogP contribution in [0.1, 0.15) is 35.0 Å². The van der Waals surface area contributed by atoms with Crippen molar-refractivity contribution in [3.05, 3.63) is 35.4 Å². The van der Waals surface area contributed by atoms with Crippen molar-refractivity contribution < 1.29 is 0 Å². The maximum Gasteiger partial charge on any atom is 0.0751 e. The Hall–Kier alpha value is -0.0800. The Balaban J connectivity index is 2.03. The second-order valence-corrected chi connectivity index (χ2v) is 6.77. The normalized spacial score (nSPS) is 19.5. The van der Waals surface area contributed by atoms with Gasteiger partial charge in [-0.05, 0) is 36.8 Å². The summed E-state index contributed by atoms with van der Waals surface area (Å²) in [5.41, 5.74) is 2.86. The van der Waals surface area contributed by atoms with Crippen LogP contribution >= 0.6 is 23.5 Å². The van der Waals surface area contributed by atoms with Crippen molar-refractivity contribution >= 4 is 23.5 Å². The van der Waals surface area contributed by atoms with Gasteiger partial charge in [-0.15, -0.1) is 23.5 Å². The highest BCUT2D eigenvalue weighted by Crippen LogP contribution is 2.41. The molecule has 2 heteroatoms. The molecule has 0 radical (unpaired) electrons. The summed E-state index contributed by atoms with van der Waals surface area (Å²) in [6.45, 7) is 2.15. The molecule has 0 unspecified atom stereocenters. The van der Waals surface area contributed by atoms with E-state index in [9.17, 15) is 0 Å². The minimum atomic E-state index is 0.672. The fourth-order valence-electron chi connectivity index (χ4n) is 1.73. The van der Waals surface area contributed by atoms with Gasteiger partial charge in [0.25, 0.3) is 0 Å². The second-order valence-electron chi connectivity index (χ2n) is 4.04. The Morgan fingerprint density at radius 1 is 0.933 bits per heavy atom. The Kier molecular flexibility index (Phi) is 4.45. The minimum absolute atomic E-state index is 0.672. The third-order valence-electron chi connectivity index (χ3n) is 2.68. The van der Waals surface area contributed by atoms with E-state index < -0.39 is 0 Å². The number of hydrogen-bond acceptors (Lipinski definition) is 2.